The summed E-state index contributed by atoms with van der Waals surface area (Å²) < 4.78 is 17.0. The highest BCUT2D eigenvalue weighted by Gasteiger charge is 2.19. The lowest BCUT2D eigenvalue weighted by atomic mass is 10.0. The molecular weight excluding hydrogens is 913 g/mol. The van der Waals surface area contributed by atoms with Gasteiger partial charge in [0.2, 0.25) is 0 Å². The number of carbonyl (C=O) groups excluding carboxylic acids is 3. The Hall–Kier alpha value is -2.11. The summed E-state index contributed by atoms with van der Waals surface area (Å²) in [5, 5.41) is 0. The van der Waals surface area contributed by atoms with Crippen LogP contribution < -0.4 is 0 Å². The molecule has 0 aromatic heterocycles. The fraction of sp³-hybridized carbons (Fsp3) is 0.897. The van der Waals surface area contributed by atoms with E-state index in [4.69, 9.17) is 14.2 Å². The van der Waals surface area contributed by atoms with Crippen LogP contribution in [0.15, 0.2) is 24.3 Å². The summed E-state index contributed by atoms with van der Waals surface area (Å²) in [5.74, 6) is -0.854. The van der Waals surface area contributed by atoms with Gasteiger partial charge in [-0.1, -0.05) is 334 Å². The maximum absolute atomic E-state index is 12.9. The third-order valence-electron chi connectivity index (χ3n) is 15.2. The Kier molecular flexibility index (Phi) is 61.6. The molecule has 1 unspecified atom stereocenters. The number of esters is 3. The number of unbranched alkanes of at least 4 members (excludes halogenated alkanes) is 47. The first kappa shape index (κ1) is 71.9. The van der Waals surface area contributed by atoms with Crippen molar-refractivity contribution in [2.45, 2.75) is 380 Å². The number of allylic oxidation sites excluding steroid dienone is 4. The Morgan fingerprint density at radius 2 is 0.500 bits per heavy atom. The molecule has 0 aliphatic carbocycles. The van der Waals surface area contributed by atoms with E-state index in [1.165, 1.54) is 257 Å². The summed E-state index contributed by atoms with van der Waals surface area (Å²) in [5.41, 5.74) is 0. The highest BCUT2D eigenvalue weighted by Crippen LogP contribution is 2.18. The molecule has 0 radical (unpaired) electrons. The first-order valence-electron chi connectivity index (χ1n) is 33.3. The Morgan fingerprint density at radius 3 is 0.784 bits per heavy atom. The summed E-state index contributed by atoms with van der Waals surface area (Å²) in [7, 11) is 0. The van der Waals surface area contributed by atoms with Gasteiger partial charge in [0.1, 0.15) is 13.2 Å². The van der Waals surface area contributed by atoms with Crippen LogP contribution in [0.2, 0.25) is 0 Å². The molecule has 0 aromatic carbocycles. The molecule has 0 fully saturated rings. The number of rotatable bonds is 62. The van der Waals surface area contributed by atoms with Crippen LogP contribution in [0.5, 0.6) is 0 Å². The second-order valence-corrected chi connectivity index (χ2v) is 22.7. The molecule has 0 saturated heterocycles. The van der Waals surface area contributed by atoms with Crippen molar-refractivity contribution in [1.29, 1.82) is 0 Å². The van der Waals surface area contributed by atoms with E-state index in [0.717, 1.165) is 77.0 Å². The van der Waals surface area contributed by atoms with Gasteiger partial charge in [-0.25, -0.2) is 0 Å². The zero-order chi connectivity index (χ0) is 53.6. The van der Waals surface area contributed by atoms with Gasteiger partial charge in [0.05, 0.1) is 0 Å². The Labute approximate surface area is 462 Å². The van der Waals surface area contributed by atoms with Gasteiger partial charge >= 0.3 is 17.9 Å². The van der Waals surface area contributed by atoms with Gasteiger partial charge in [0, 0.05) is 19.3 Å². The van der Waals surface area contributed by atoms with E-state index in [0.29, 0.717) is 19.3 Å². The zero-order valence-corrected chi connectivity index (χ0v) is 50.1. The van der Waals surface area contributed by atoms with Crippen LogP contribution in [0.25, 0.3) is 0 Å². The molecule has 0 heterocycles. The van der Waals surface area contributed by atoms with Gasteiger partial charge in [-0.05, 0) is 44.9 Å². The van der Waals surface area contributed by atoms with Gasteiger partial charge in [0.15, 0.2) is 6.10 Å². The Bertz CT molecular complexity index is 1190. The summed E-state index contributed by atoms with van der Waals surface area (Å²) in [6.45, 7) is 6.67. The van der Waals surface area contributed by atoms with Crippen LogP contribution in [0, 0.1) is 0 Å². The lowest BCUT2D eigenvalue weighted by Crippen LogP contribution is -2.30. The monoisotopic (exact) mass is 1040 g/mol. The smallest absolute Gasteiger partial charge is 0.306 e. The van der Waals surface area contributed by atoms with Crippen molar-refractivity contribution >= 4 is 17.9 Å². The average molecular weight is 1040 g/mol. The maximum atomic E-state index is 12.9. The Balaban J connectivity index is 4.27. The molecule has 0 bridgehead atoms. The van der Waals surface area contributed by atoms with E-state index in [1.807, 2.05) is 0 Å². The molecular formula is C68H128O6. The normalized spacial score (nSPS) is 12.1. The van der Waals surface area contributed by atoms with E-state index in [-0.39, 0.29) is 31.1 Å². The van der Waals surface area contributed by atoms with Crippen LogP contribution in [-0.2, 0) is 28.6 Å². The maximum Gasteiger partial charge on any atom is 0.306 e. The molecule has 6 nitrogen and oxygen atoms in total. The van der Waals surface area contributed by atoms with Crippen molar-refractivity contribution in [1.82, 2.24) is 0 Å². The predicted octanol–water partition coefficient (Wildman–Crippen LogP) is 22.6. The quantitative estimate of drug-likeness (QED) is 0.0261. The summed E-state index contributed by atoms with van der Waals surface area (Å²) in [4.78, 5) is 38.3. The van der Waals surface area contributed by atoms with Crippen molar-refractivity contribution in [2.75, 3.05) is 13.2 Å². The molecule has 0 aromatic rings. The predicted molar refractivity (Wildman–Crippen MR) is 321 cm³/mol. The van der Waals surface area contributed by atoms with Crippen molar-refractivity contribution in [3.8, 4) is 0 Å². The van der Waals surface area contributed by atoms with Crippen LogP contribution >= 0.6 is 0 Å². The largest absolute Gasteiger partial charge is 0.462 e. The molecule has 0 spiro atoms. The van der Waals surface area contributed by atoms with E-state index < -0.39 is 6.10 Å². The molecule has 0 amide bonds. The standard InChI is InChI=1S/C68H128O6/c1-4-7-10-13-16-19-22-25-28-30-32-34-35-37-38-40-43-46-49-52-55-58-61-67(70)73-64-65(63-72-66(69)60-57-54-51-48-45-42-27-24-21-18-15-12-9-6-3)74-68(71)62-59-56-53-50-47-44-41-39-36-33-31-29-26-23-20-17-14-11-8-5-2/h15,18,24,27,65H,4-14,16-17,19-23,25-26,28-64H2,1-3H3/b18-15-,27-24-. The van der Waals surface area contributed by atoms with Crippen molar-refractivity contribution in [2.24, 2.45) is 0 Å². The van der Waals surface area contributed by atoms with Gasteiger partial charge in [-0.3, -0.25) is 14.4 Å². The summed E-state index contributed by atoms with van der Waals surface area (Å²) >= 11 is 0. The lowest BCUT2D eigenvalue weighted by Gasteiger charge is -2.18. The second-order valence-electron chi connectivity index (χ2n) is 22.7. The zero-order valence-electron chi connectivity index (χ0n) is 50.1. The lowest BCUT2D eigenvalue weighted by molar-refractivity contribution is -0.167. The number of hydrogen-bond donors (Lipinski definition) is 0. The van der Waals surface area contributed by atoms with E-state index in [1.54, 1.807) is 0 Å². The number of ether oxygens (including phenoxy) is 3. The van der Waals surface area contributed by atoms with E-state index in [9.17, 15) is 14.4 Å². The molecule has 0 saturated carbocycles. The van der Waals surface area contributed by atoms with Crippen LogP contribution in [0.4, 0.5) is 0 Å². The summed E-state index contributed by atoms with van der Waals surface area (Å²) in [6.07, 6.45) is 76.2. The molecule has 74 heavy (non-hydrogen) atoms. The number of hydrogen-bond acceptors (Lipinski definition) is 6. The topological polar surface area (TPSA) is 78.9 Å². The third kappa shape index (κ3) is 60.8. The minimum Gasteiger partial charge on any atom is -0.462 e. The van der Waals surface area contributed by atoms with E-state index >= 15 is 0 Å². The highest BCUT2D eigenvalue weighted by molar-refractivity contribution is 5.71. The van der Waals surface area contributed by atoms with E-state index in [2.05, 4.69) is 45.1 Å². The first-order chi connectivity index (χ1) is 36.5. The molecule has 1 atom stereocenters. The summed E-state index contributed by atoms with van der Waals surface area (Å²) in [6, 6.07) is 0. The first-order valence-corrected chi connectivity index (χ1v) is 33.3. The van der Waals surface area contributed by atoms with Crippen molar-refractivity contribution < 1.29 is 28.6 Å². The minimum atomic E-state index is -0.773. The molecule has 436 valence electrons. The van der Waals surface area contributed by atoms with Gasteiger partial charge in [-0.15, -0.1) is 0 Å². The molecule has 0 aliphatic rings. The Morgan fingerprint density at radius 1 is 0.270 bits per heavy atom. The number of carbonyl (C=O) groups is 3. The van der Waals surface area contributed by atoms with Crippen molar-refractivity contribution in [3.05, 3.63) is 24.3 Å². The third-order valence-corrected chi connectivity index (χ3v) is 15.2. The highest BCUT2D eigenvalue weighted by atomic mass is 16.6. The van der Waals surface area contributed by atoms with Crippen LogP contribution in [0.3, 0.4) is 0 Å². The molecule has 0 rings (SSSR count). The van der Waals surface area contributed by atoms with Crippen molar-refractivity contribution in [3.63, 3.8) is 0 Å². The minimum absolute atomic E-state index is 0.0694. The molecule has 0 N–H and O–H groups in total. The van der Waals surface area contributed by atoms with Gasteiger partial charge < -0.3 is 14.2 Å². The molecule has 0 aliphatic heterocycles. The fourth-order valence-electron chi connectivity index (χ4n) is 10.2. The van der Waals surface area contributed by atoms with Crippen LogP contribution in [-0.4, -0.2) is 37.2 Å². The fourth-order valence-corrected chi connectivity index (χ4v) is 10.2. The SMILES string of the molecule is CCCC/C=C\C/C=C\CCCCCCCC(=O)OCC(COC(=O)CCCCCCCCCCCCCCCCCCCCCCCC)OC(=O)CCCCCCCCCCCCCCCCCCCCCC. The van der Waals surface area contributed by atoms with Crippen LogP contribution in [0.1, 0.15) is 374 Å². The molecule has 6 heteroatoms. The van der Waals surface area contributed by atoms with Gasteiger partial charge in [0.25, 0.3) is 0 Å². The van der Waals surface area contributed by atoms with Gasteiger partial charge in [-0.2, -0.15) is 0 Å². The second kappa shape index (κ2) is 63.4. The average Bonchev–Trinajstić information content (AvgIpc) is 3.40.